The highest BCUT2D eigenvalue weighted by Crippen LogP contribution is 2.43. The molecule has 1 amide bonds. The van der Waals surface area contributed by atoms with Gasteiger partial charge in [-0.25, -0.2) is 0 Å². The lowest BCUT2D eigenvalue weighted by molar-refractivity contribution is -0.140. The number of amides is 1. The van der Waals surface area contributed by atoms with Gasteiger partial charge < -0.3 is 29.1 Å². The lowest BCUT2D eigenvalue weighted by Gasteiger charge is -2.27. The monoisotopic (exact) mass is 538 g/mol. The Labute approximate surface area is 232 Å². The normalized spacial score (nSPS) is 17.2. The molecule has 2 aromatic carbocycles. The minimum Gasteiger partial charge on any atom is -0.507 e. The summed E-state index contributed by atoms with van der Waals surface area (Å²) < 4.78 is 17.2. The number of hydrogen-bond donors (Lipinski definition) is 1. The standard InChI is InChI=1S/C31H42N2O6/c1-9-17-39-25-19-20(11-14-24(25)37-8)27-26(29(35)30(36)33(27)16-15-32(6)7)28(34)21-12-13-23(38-10-2)22(18-21)31(3,4)5/h11-14,18-19,27,34H,9-10,15-17H2,1-8H3/b28-26+. The van der Waals surface area contributed by atoms with Crippen LogP contribution in [0, 0.1) is 0 Å². The van der Waals surface area contributed by atoms with Gasteiger partial charge in [-0.15, -0.1) is 0 Å². The Morgan fingerprint density at radius 3 is 2.28 bits per heavy atom. The van der Waals surface area contributed by atoms with Crippen LogP contribution in [0.3, 0.4) is 0 Å². The smallest absolute Gasteiger partial charge is 0.295 e. The van der Waals surface area contributed by atoms with Crippen LogP contribution in [0.5, 0.6) is 17.2 Å². The number of ketones is 1. The molecule has 1 heterocycles. The number of benzene rings is 2. The molecule has 1 atom stereocenters. The van der Waals surface area contributed by atoms with Gasteiger partial charge >= 0.3 is 0 Å². The number of likely N-dealkylation sites (N-methyl/N-ethyl adjacent to an activating group) is 1. The van der Waals surface area contributed by atoms with Crippen molar-refractivity contribution < 1.29 is 28.9 Å². The molecule has 0 spiro atoms. The first-order valence-corrected chi connectivity index (χ1v) is 13.5. The van der Waals surface area contributed by atoms with Crippen molar-refractivity contribution in [2.45, 2.75) is 52.5 Å². The van der Waals surface area contributed by atoms with E-state index < -0.39 is 17.7 Å². The molecular formula is C31H42N2O6. The molecule has 2 aromatic rings. The van der Waals surface area contributed by atoms with Crippen molar-refractivity contribution in [3.05, 3.63) is 58.7 Å². The predicted molar refractivity (Wildman–Crippen MR) is 153 cm³/mol. The highest BCUT2D eigenvalue weighted by atomic mass is 16.5. The Morgan fingerprint density at radius 2 is 1.69 bits per heavy atom. The molecule has 8 nitrogen and oxygen atoms in total. The van der Waals surface area contributed by atoms with Gasteiger partial charge in [-0.1, -0.05) is 33.8 Å². The van der Waals surface area contributed by atoms with Crippen LogP contribution in [0.4, 0.5) is 0 Å². The average molecular weight is 539 g/mol. The van der Waals surface area contributed by atoms with Crippen LogP contribution in [0.15, 0.2) is 42.0 Å². The first-order valence-electron chi connectivity index (χ1n) is 13.5. The fourth-order valence-electron chi connectivity index (χ4n) is 4.65. The molecule has 0 radical (unpaired) electrons. The zero-order chi connectivity index (χ0) is 28.9. The van der Waals surface area contributed by atoms with Crippen LogP contribution in [0.25, 0.3) is 5.76 Å². The molecule has 1 aliphatic rings. The van der Waals surface area contributed by atoms with Gasteiger partial charge in [0.15, 0.2) is 11.5 Å². The Kier molecular flexibility index (Phi) is 9.67. The number of Topliss-reactive ketones (excluding diaryl/α,β-unsaturated/α-hetero) is 1. The zero-order valence-corrected chi connectivity index (χ0v) is 24.5. The van der Waals surface area contributed by atoms with E-state index in [4.69, 9.17) is 14.2 Å². The third-order valence-corrected chi connectivity index (χ3v) is 6.65. The number of hydrogen-bond acceptors (Lipinski definition) is 7. The quantitative estimate of drug-likeness (QED) is 0.240. The van der Waals surface area contributed by atoms with E-state index >= 15 is 0 Å². The van der Waals surface area contributed by atoms with E-state index in [1.54, 1.807) is 31.4 Å². The molecule has 1 unspecified atom stereocenters. The molecule has 1 saturated heterocycles. The van der Waals surface area contributed by atoms with Gasteiger partial charge in [0, 0.05) is 24.2 Å². The van der Waals surface area contributed by atoms with Crippen LogP contribution in [-0.4, -0.2) is 74.1 Å². The Balaban J connectivity index is 2.23. The highest BCUT2D eigenvalue weighted by Gasteiger charge is 2.46. The predicted octanol–water partition coefficient (Wildman–Crippen LogP) is 5.16. The molecule has 0 bridgehead atoms. The number of carbonyl (C=O) groups is 2. The summed E-state index contributed by atoms with van der Waals surface area (Å²) in [6, 6.07) is 9.95. The third-order valence-electron chi connectivity index (χ3n) is 6.65. The summed E-state index contributed by atoms with van der Waals surface area (Å²) in [5.74, 6) is 0.222. The lowest BCUT2D eigenvalue weighted by atomic mass is 9.84. The number of aliphatic hydroxyl groups is 1. The molecule has 0 saturated carbocycles. The number of likely N-dealkylation sites (tertiary alicyclic amines) is 1. The van der Waals surface area contributed by atoms with E-state index in [2.05, 4.69) is 20.8 Å². The number of rotatable bonds is 11. The fourth-order valence-corrected chi connectivity index (χ4v) is 4.65. The van der Waals surface area contributed by atoms with Gasteiger partial charge in [-0.05, 0) is 68.8 Å². The van der Waals surface area contributed by atoms with Crippen LogP contribution in [0.1, 0.15) is 63.8 Å². The summed E-state index contributed by atoms with van der Waals surface area (Å²) in [6.45, 7) is 12.0. The molecular weight excluding hydrogens is 496 g/mol. The summed E-state index contributed by atoms with van der Waals surface area (Å²) in [4.78, 5) is 30.3. The lowest BCUT2D eigenvalue weighted by Crippen LogP contribution is -2.35. The Hall–Kier alpha value is -3.52. The molecule has 8 heteroatoms. The second-order valence-electron chi connectivity index (χ2n) is 10.9. The van der Waals surface area contributed by atoms with E-state index in [-0.39, 0.29) is 16.7 Å². The number of nitrogens with zero attached hydrogens (tertiary/aromatic N) is 2. The summed E-state index contributed by atoms with van der Waals surface area (Å²) in [5, 5.41) is 11.6. The van der Waals surface area contributed by atoms with Crippen LogP contribution in [0.2, 0.25) is 0 Å². The highest BCUT2D eigenvalue weighted by molar-refractivity contribution is 6.46. The van der Waals surface area contributed by atoms with Gasteiger partial charge in [-0.3, -0.25) is 9.59 Å². The summed E-state index contributed by atoms with van der Waals surface area (Å²) in [7, 11) is 5.38. The van der Waals surface area contributed by atoms with Crippen molar-refractivity contribution in [3.8, 4) is 17.2 Å². The number of aliphatic hydroxyl groups excluding tert-OH is 1. The van der Waals surface area contributed by atoms with Crippen LogP contribution < -0.4 is 14.2 Å². The zero-order valence-electron chi connectivity index (χ0n) is 24.5. The SMILES string of the molecule is CCCOc1cc(C2/C(=C(\O)c3ccc(OCC)c(C(C)(C)C)c3)C(=O)C(=O)N2CCN(C)C)ccc1OC. The minimum atomic E-state index is -0.788. The molecule has 0 aliphatic carbocycles. The van der Waals surface area contributed by atoms with E-state index in [1.165, 1.54) is 4.90 Å². The molecule has 212 valence electrons. The largest absolute Gasteiger partial charge is 0.507 e. The van der Waals surface area contributed by atoms with Crippen molar-refractivity contribution in [1.82, 2.24) is 9.80 Å². The van der Waals surface area contributed by atoms with E-state index in [0.29, 0.717) is 48.9 Å². The van der Waals surface area contributed by atoms with Crippen molar-refractivity contribution in [1.29, 1.82) is 0 Å². The number of ether oxygens (including phenoxy) is 3. The Morgan fingerprint density at radius 1 is 1.00 bits per heavy atom. The van der Waals surface area contributed by atoms with E-state index in [0.717, 1.165) is 17.7 Å². The third kappa shape index (κ3) is 6.56. The minimum absolute atomic E-state index is 0.0504. The van der Waals surface area contributed by atoms with Gasteiger partial charge in [0.2, 0.25) is 0 Å². The second kappa shape index (κ2) is 12.6. The maximum atomic E-state index is 13.5. The molecule has 1 aliphatic heterocycles. The topological polar surface area (TPSA) is 88.5 Å². The van der Waals surface area contributed by atoms with Crippen molar-refractivity contribution in [3.63, 3.8) is 0 Å². The summed E-state index contributed by atoms with van der Waals surface area (Å²) in [6.07, 6.45) is 0.808. The van der Waals surface area contributed by atoms with Crippen molar-refractivity contribution in [2.75, 3.05) is 47.5 Å². The van der Waals surface area contributed by atoms with Gasteiger partial charge in [0.1, 0.15) is 11.5 Å². The van der Waals surface area contributed by atoms with Gasteiger partial charge in [0.25, 0.3) is 11.7 Å². The number of carbonyl (C=O) groups excluding carboxylic acids is 2. The van der Waals surface area contributed by atoms with Crippen molar-refractivity contribution in [2.24, 2.45) is 0 Å². The Bertz CT molecular complexity index is 1230. The van der Waals surface area contributed by atoms with Crippen LogP contribution >= 0.6 is 0 Å². The summed E-state index contributed by atoms with van der Waals surface area (Å²) >= 11 is 0. The van der Waals surface area contributed by atoms with Crippen molar-refractivity contribution >= 4 is 17.4 Å². The maximum Gasteiger partial charge on any atom is 0.295 e. The summed E-state index contributed by atoms with van der Waals surface area (Å²) in [5.41, 5.74) is 1.78. The molecule has 1 fully saturated rings. The van der Waals surface area contributed by atoms with Gasteiger partial charge in [0.05, 0.1) is 31.9 Å². The molecule has 1 N–H and O–H groups in total. The molecule has 0 aromatic heterocycles. The average Bonchev–Trinajstić information content (AvgIpc) is 3.14. The first-order chi connectivity index (χ1) is 18.4. The second-order valence-corrected chi connectivity index (χ2v) is 10.9. The fraction of sp³-hybridized carbons (Fsp3) is 0.484. The van der Waals surface area contributed by atoms with Crippen LogP contribution in [-0.2, 0) is 15.0 Å². The molecule has 39 heavy (non-hydrogen) atoms. The maximum absolute atomic E-state index is 13.5. The molecule has 3 rings (SSSR count). The van der Waals surface area contributed by atoms with E-state index in [9.17, 15) is 14.7 Å². The van der Waals surface area contributed by atoms with Gasteiger partial charge in [-0.2, -0.15) is 0 Å². The number of methoxy groups -OCH3 is 1. The first kappa shape index (κ1) is 30.0. The van der Waals surface area contributed by atoms with E-state index in [1.807, 2.05) is 45.0 Å².